The molecule has 0 saturated heterocycles. The van der Waals surface area contributed by atoms with Crippen LogP contribution in [0, 0.1) is 11.3 Å². The lowest BCUT2D eigenvalue weighted by Gasteiger charge is -2.37. The minimum Gasteiger partial charge on any atom is -0.460 e. The molecule has 1 atom stereocenters. The number of hydrogen-bond acceptors (Lipinski definition) is 2. The summed E-state index contributed by atoms with van der Waals surface area (Å²) in [5, 5.41) is 0. The van der Waals surface area contributed by atoms with Crippen LogP contribution in [-0.2, 0) is 0 Å². The molecule has 0 aromatic carbocycles. The van der Waals surface area contributed by atoms with E-state index >= 15 is 0 Å². The molecule has 16 heavy (non-hydrogen) atoms. The number of rotatable bonds is 2. The second-order valence-electron chi connectivity index (χ2n) is 5.25. The molecule has 1 aliphatic rings. The standard InChI is InChI=1S/C13H17BrO2/c1-13(2)7-4-3-5-9(13)11(15)12-10(14)6-8-16-12/h6,8-9H,3-5,7H2,1-2H3. The summed E-state index contributed by atoms with van der Waals surface area (Å²) in [7, 11) is 0. The van der Waals surface area contributed by atoms with Crippen LogP contribution >= 0.6 is 15.9 Å². The smallest absolute Gasteiger partial charge is 0.202 e. The Balaban J connectivity index is 2.24. The molecular formula is C13H17BrO2. The number of ketones is 1. The molecule has 0 spiro atoms. The third-order valence-electron chi connectivity index (χ3n) is 3.66. The third kappa shape index (κ3) is 2.10. The third-order valence-corrected chi connectivity index (χ3v) is 4.29. The topological polar surface area (TPSA) is 30.2 Å². The van der Waals surface area contributed by atoms with Crippen LogP contribution in [0.3, 0.4) is 0 Å². The summed E-state index contributed by atoms with van der Waals surface area (Å²) in [5.74, 6) is 0.741. The maximum atomic E-state index is 12.4. The zero-order chi connectivity index (χ0) is 11.8. The van der Waals surface area contributed by atoms with Crippen molar-refractivity contribution in [2.45, 2.75) is 39.5 Å². The lowest BCUT2D eigenvalue weighted by Crippen LogP contribution is -2.34. The molecular weight excluding hydrogens is 268 g/mol. The number of halogens is 1. The van der Waals surface area contributed by atoms with Gasteiger partial charge in [0.1, 0.15) is 0 Å². The zero-order valence-corrected chi connectivity index (χ0v) is 11.3. The van der Waals surface area contributed by atoms with Crippen molar-refractivity contribution in [3.8, 4) is 0 Å². The van der Waals surface area contributed by atoms with Crippen molar-refractivity contribution in [1.29, 1.82) is 0 Å². The molecule has 1 aromatic rings. The quantitative estimate of drug-likeness (QED) is 0.752. The summed E-state index contributed by atoms with van der Waals surface area (Å²) in [6.07, 6.45) is 6.06. The van der Waals surface area contributed by atoms with E-state index in [9.17, 15) is 4.79 Å². The van der Waals surface area contributed by atoms with E-state index in [-0.39, 0.29) is 17.1 Å². The summed E-state index contributed by atoms with van der Waals surface area (Å²) in [4.78, 5) is 12.4. The van der Waals surface area contributed by atoms with E-state index in [0.717, 1.165) is 23.7 Å². The van der Waals surface area contributed by atoms with E-state index in [0.29, 0.717) is 5.76 Å². The summed E-state index contributed by atoms with van der Waals surface area (Å²) >= 11 is 3.36. The van der Waals surface area contributed by atoms with E-state index in [4.69, 9.17) is 4.42 Å². The zero-order valence-electron chi connectivity index (χ0n) is 9.75. The Morgan fingerprint density at radius 1 is 1.50 bits per heavy atom. The first-order valence-corrected chi connectivity index (χ1v) is 6.59. The minimum atomic E-state index is 0.0988. The normalized spacial score (nSPS) is 24.3. The minimum absolute atomic E-state index is 0.0988. The molecule has 0 N–H and O–H groups in total. The van der Waals surface area contributed by atoms with Gasteiger partial charge in [0.05, 0.1) is 10.7 Å². The van der Waals surface area contributed by atoms with Crippen molar-refractivity contribution in [3.63, 3.8) is 0 Å². The Bertz CT molecular complexity index is 392. The fourth-order valence-electron chi connectivity index (χ4n) is 2.61. The first kappa shape index (κ1) is 11.9. The van der Waals surface area contributed by atoms with E-state index < -0.39 is 0 Å². The SMILES string of the molecule is CC1(C)CCCCC1C(=O)c1occc1Br. The maximum absolute atomic E-state index is 12.4. The van der Waals surface area contributed by atoms with Gasteiger partial charge in [0.15, 0.2) is 5.76 Å². The van der Waals surface area contributed by atoms with Gasteiger partial charge in [-0.3, -0.25) is 4.79 Å². The van der Waals surface area contributed by atoms with Gasteiger partial charge in [-0.15, -0.1) is 0 Å². The van der Waals surface area contributed by atoms with Crippen LogP contribution in [0.4, 0.5) is 0 Å². The first-order valence-electron chi connectivity index (χ1n) is 5.79. The molecule has 0 radical (unpaired) electrons. The Hall–Kier alpha value is -0.570. The first-order chi connectivity index (χ1) is 7.52. The van der Waals surface area contributed by atoms with Crippen LogP contribution in [0.1, 0.15) is 50.1 Å². The van der Waals surface area contributed by atoms with Crippen molar-refractivity contribution in [2.75, 3.05) is 0 Å². The molecule has 1 unspecified atom stereocenters. The molecule has 1 aliphatic carbocycles. The maximum Gasteiger partial charge on any atom is 0.202 e. The van der Waals surface area contributed by atoms with E-state index in [2.05, 4.69) is 29.8 Å². The molecule has 2 rings (SSSR count). The van der Waals surface area contributed by atoms with Crippen molar-refractivity contribution in [2.24, 2.45) is 11.3 Å². The van der Waals surface area contributed by atoms with Crippen molar-refractivity contribution in [3.05, 3.63) is 22.6 Å². The largest absolute Gasteiger partial charge is 0.460 e. The monoisotopic (exact) mass is 284 g/mol. The summed E-state index contributed by atoms with van der Waals surface area (Å²) in [5.41, 5.74) is 0.0988. The molecule has 2 nitrogen and oxygen atoms in total. The highest BCUT2D eigenvalue weighted by Crippen LogP contribution is 2.42. The van der Waals surface area contributed by atoms with Crippen LogP contribution in [0.5, 0.6) is 0 Å². The second kappa shape index (κ2) is 4.36. The molecule has 0 aliphatic heterocycles. The molecule has 1 saturated carbocycles. The van der Waals surface area contributed by atoms with Gasteiger partial charge in [0.2, 0.25) is 5.78 Å². The molecule has 1 fully saturated rings. The average Bonchev–Trinajstić information content (AvgIpc) is 2.63. The highest BCUT2D eigenvalue weighted by molar-refractivity contribution is 9.10. The van der Waals surface area contributed by atoms with Crippen molar-refractivity contribution >= 4 is 21.7 Å². The summed E-state index contributed by atoms with van der Waals surface area (Å²) in [6, 6.07) is 1.78. The van der Waals surface area contributed by atoms with Gasteiger partial charge in [-0.25, -0.2) is 0 Å². The van der Waals surface area contributed by atoms with Crippen LogP contribution in [-0.4, -0.2) is 5.78 Å². The number of Topliss-reactive ketones (excluding diaryl/α,β-unsaturated/α-hetero) is 1. The van der Waals surface area contributed by atoms with Gasteiger partial charge >= 0.3 is 0 Å². The molecule has 1 heterocycles. The van der Waals surface area contributed by atoms with Gasteiger partial charge in [0, 0.05) is 5.92 Å². The number of hydrogen-bond donors (Lipinski definition) is 0. The summed E-state index contributed by atoms with van der Waals surface area (Å²) < 4.78 is 6.05. The van der Waals surface area contributed by atoms with Crippen LogP contribution in [0.15, 0.2) is 21.2 Å². The van der Waals surface area contributed by atoms with Crippen molar-refractivity contribution in [1.82, 2.24) is 0 Å². The predicted molar refractivity (Wildman–Crippen MR) is 66.5 cm³/mol. The molecule has 88 valence electrons. The number of carbonyl (C=O) groups excluding carboxylic acids is 1. The van der Waals surface area contributed by atoms with Crippen LogP contribution < -0.4 is 0 Å². The van der Waals surface area contributed by atoms with Gasteiger partial charge in [-0.2, -0.15) is 0 Å². The fraction of sp³-hybridized carbons (Fsp3) is 0.615. The Morgan fingerprint density at radius 3 is 2.81 bits per heavy atom. The highest BCUT2D eigenvalue weighted by Gasteiger charge is 2.39. The summed E-state index contributed by atoms with van der Waals surface area (Å²) in [6.45, 7) is 4.37. The molecule has 0 bridgehead atoms. The fourth-order valence-corrected chi connectivity index (χ4v) is 3.00. The highest BCUT2D eigenvalue weighted by atomic mass is 79.9. The van der Waals surface area contributed by atoms with Gasteiger partial charge in [0.25, 0.3) is 0 Å². The predicted octanol–water partition coefficient (Wildman–Crippen LogP) is 4.44. The molecule has 3 heteroatoms. The van der Waals surface area contributed by atoms with E-state index in [1.807, 2.05) is 0 Å². The Labute approximate surface area is 105 Å². The van der Waals surface area contributed by atoms with Gasteiger partial charge < -0.3 is 4.42 Å². The molecule has 0 amide bonds. The lowest BCUT2D eigenvalue weighted by atomic mass is 9.67. The Morgan fingerprint density at radius 2 is 2.25 bits per heavy atom. The molecule has 1 aromatic heterocycles. The average molecular weight is 285 g/mol. The van der Waals surface area contributed by atoms with Crippen LogP contribution in [0.2, 0.25) is 0 Å². The van der Waals surface area contributed by atoms with Gasteiger partial charge in [-0.05, 0) is 40.3 Å². The Kier molecular flexibility index (Phi) is 3.24. The van der Waals surface area contributed by atoms with E-state index in [1.165, 1.54) is 6.42 Å². The number of furan rings is 1. The number of carbonyl (C=O) groups is 1. The lowest BCUT2D eigenvalue weighted by molar-refractivity contribution is 0.0667. The van der Waals surface area contributed by atoms with Crippen molar-refractivity contribution < 1.29 is 9.21 Å². The second-order valence-corrected chi connectivity index (χ2v) is 6.10. The van der Waals surface area contributed by atoms with Gasteiger partial charge in [-0.1, -0.05) is 26.7 Å². The van der Waals surface area contributed by atoms with Crippen LogP contribution in [0.25, 0.3) is 0 Å². The van der Waals surface area contributed by atoms with E-state index in [1.54, 1.807) is 12.3 Å².